The van der Waals surface area contributed by atoms with Crippen LogP contribution in [-0.2, 0) is 20.1 Å². The topological polar surface area (TPSA) is 38.9 Å². The number of benzene rings is 4. The molecule has 45 heavy (non-hydrogen) atoms. The van der Waals surface area contributed by atoms with Crippen LogP contribution in [0.25, 0.3) is 55.6 Å². The number of hydrogen-bond acceptors (Lipinski definition) is 3. The van der Waals surface area contributed by atoms with E-state index in [2.05, 4.69) is 128 Å². The van der Waals surface area contributed by atoms with E-state index < -0.39 is 8.07 Å². The van der Waals surface area contributed by atoms with Crippen LogP contribution in [-0.4, -0.2) is 18.0 Å². The van der Waals surface area contributed by atoms with Gasteiger partial charge in [-0.05, 0) is 34.1 Å². The van der Waals surface area contributed by atoms with Crippen molar-refractivity contribution in [2.45, 2.75) is 39.4 Å². The van der Waals surface area contributed by atoms with Gasteiger partial charge in [-0.1, -0.05) is 111 Å². The predicted octanol–water partition coefficient (Wildman–Crippen LogP) is 10.3. The average molecular weight is 781 g/mol. The molecular formula is C40H36IrN2OSi-2. The van der Waals surface area contributed by atoms with Crippen molar-refractivity contribution in [3.8, 4) is 33.6 Å². The largest absolute Gasteiger partial charge is 0.500 e. The van der Waals surface area contributed by atoms with E-state index in [1.807, 2.05) is 48.8 Å². The Balaban J connectivity index is 0.000000202. The van der Waals surface area contributed by atoms with Gasteiger partial charge in [0.2, 0.25) is 0 Å². The fourth-order valence-electron chi connectivity index (χ4n) is 5.24. The summed E-state index contributed by atoms with van der Waals surface area (Å²) in [5.41, 5.74) is 9.30. The molecule has 0 saturated heterocycles. The predicted molar refractivity (Wildman–Crippen MR) is 187 cm³/mol. The van der Waals surface area contributed by atoms with E-state index in [0.717, 1.165) is 55.6 Å². The minimum absolute atomic E-state index is 0. The van der Waals surface area contributed by atoms with E-state index >= 15 is 0 Å². The number of fused-ring (bicyclic) bond motifs is 3. The van der Waals surface area contributed by atoms with E-state index in [1.54, 1.807) is 0 Å². The summed E-state index contributed by atoms with van der Waals surface area (Å²) >= 11 is 0. The van der Waals surface area contributed by atoms with Gasteiger partial charge in [0.05, 0.1) is 13.7 Å². The van der Waals surface area contributed by atoms with Crippen molar-refractivity contribution in [1.82, 2.24) is 9.97 Å². The molecule has 3 aromatic heterocycles. The fourth-order valence-corrected chi connectivity index (χ4v) is 6.27. The molecule has 0 aliphatic carbocycles. The van der Waals surface area contributed by atoms with Gasteiger partial charge < -0.3 is 14.4 Å². The Hall–Kier alpha value is -4.15. The first kappa shape index (κ1) is 32.2. The third-order valence-electron chi connectivity index (χ3n) is 7.86. The zero-order chi connectivity index (χ0) is 30.7. The molecule has 3 nitrogen and oxygen atoms in total. The Labute approximate surface area is 280 Å². The Morgan fingerprint density at radius 2 is 1.51 bits per heavy atom. The first-order valence-corrected chi connectivity index (χ1v) is 18.6. The van der Waals surface area contributed by atoms with Crippen molar-refractivity contribution in [2.24, 2.45) is 0 Å². The number of hydrogen-bond donors (Lipinski definition) is 0. The molecular weight excluding hydrogens is 745 g/mol. The van der Waals surface area contributed by atoms with Crippen LogP contribution in [0.2, 0.25) is 19.6 Å². The monoisotopic (exact) mass is 781 g/mol. The van der Waals surface area contributed by atoms with E-state index in [9.17, 15) is 0 Å². The van der Waals surface area contributed by atoms with Crippen LogP contribution in [0.1, 0.15) is 25.3 Å². The summed E-state index contributed by atoms with van der Waals surface area (Å²) in [6, 6.07) is 43.8. The summed E-state index contributed by atoms with van der Waals surface area (Å²) < 4.78 is 6.24. The van der Waals surface area contributed by atoms with Crippen LogP contribution in [0.4, 0.5) is 0 Å². The second-order valence-electron chi connectivity index (χ2n) is 12.4. The molecule has 0 saturated carbocycles. The summed E-state index contributed by atoms with van der Waals surface area (Å²) in [4.78, 5) is 9.09. The molecule has 0 amide bonds. The van der Waals surface area contributed by atoms with E-state index in [0.29, 0.717) is 5.92 Å². The molecule has 3 heterocycles. The van der Waals surface area contributed by atoms with Crippen molar-refractivity contribution < 1.29 is 24.5 Å². The van der Waals surface area contributed by atoms with Crippen molar-refractivity contribution in [1.29, 1.82) is 0 Å². The average Bonchev–Trinajstić information content (AvgIpc) is 3.44. The molecule has 5 heteroatoms. The van der Waals surface area contributed by atoms with Gasteiger partial charge in [-0.25, -0.2) is 0 Å². The van der Waals surface area contributed by atoms with E-state index in [1.165, 1.54) is 10.8 Å². The van der Waals surface area contributed by atoms with Crippen LogP contribution in [0.15, 0.2) is 126 Å². The Morgan fingerprint density at radius 1 is 0.711 bits per heavy atom. The molecule has 0 bridgehead atoms. The minimum Gasteiger partial charge on any atom is -0.500 e. The maximum Gasteiger partial charge on any atom is 0.128 e. The van der Waals surface area contributed by atoms with Gasteiger partial charge in [-0.2, -0.15) is 0 Å². The third kappa shape index (κ3) is 7.23. The molecule has 7 rings (SSSR count). The summed E-state index contributed by atoms with van der Waals surface area (Å²) in [5, 5.41) is 3.61. The summed E-state index contributed by atoms with van der Waals surface area (Å²) in [7, 11) is -1.23. The number of nitrogens with zero attached hydrogens (tertiary/aromatic N) is 2. The summed E-state index contributed by atoms with van der Waals surface area (Å²) in [5.74, 6) is 0.466. The van der Waals surface area contributed by atoms with Gasteiger partial charge in [-0.3, -0.25) is 0 Å². The molecule has 0 aliphatic rings. The van der Waals surface area contributed by atoms with Crippen molar-refractivity contribution in [3.05, 3.63) is 139 Å². The molecule has 0 unspecified atom stereocenters. The quantitative estimate of drug-likeness (QED) is 0.129. The van der Waals surface area contributed by atoms with Crippen LogP contribution >= 0.6 is 0 Å². The van der Waals surface area contributed by atoms with Gasteiger partial charge in [0.1, 0.15) is 5.58 Å². The number of furan rings is 1. The van der Waals surface area contributed by atoms with Crippen LogP contribution in [0.5, 0.6) is 0 Å². The Bertz CT molecular complexity index is 2010. The van der Waals surface area contributed by atoms with Crippen molar-refractivity contribution in [3.63, 3.8) is 0 Å². The Morgan fingerprint density at radius 3 is 2.20 bits per heavy atom. The smallest absolute Gasteiger partial charge is 0.128 e. The third-order valence-corrected chi connectivity index (χ3v) is 9.88. The minimum atomic E-state index is -1.23. The van der Waals surface area contributed by atoms with E-state index in [4.69, 9.17) is 4.42 Å². The molecule has 0 spiro atoms. The number of aromatic nitrogens is 2. The van der Waals surface area contributed by atoms with Crippen molar-refractivity contribution in [2.75, 3.05) is 0 Å². The standard InChI is InChI=1S/C26H20NO.C14H16NSi.Ir/c1-17(2)19-13-14-27-24(16-19)20-11-12-25-23(15-20)22-10-6-9-21(26(22)28-25)18-7-4-3-5-8-18;1-16(2,3)13-9-10-14(15-11-13)12-7-5-4-6-8-12;/h3-10,12-17H,1-2H3;4-7,9-11H,1-3H3;/q2*-1;. The summed E-state index contributed by atoms with van der Waals surface area (Å²) in [6.07, 6.45) is 3.89. The second kappa shape index (κ2) is 13.9. The van der Waals surface area contributed by atoms with Gasteiger partial charge in [0.25, 0.3) is 0 Å². The van der Waals surface area contributed by atoms with Gasteiger partial charge in [0, 0.05) is 43.4 Å². The van der Waals surface area contributed by atoms with Crippen molar-refractivity contribution >= 4 is 35.2 Å². The number of para-hydroxylation sites is 1. The second-order valence-corrected chi connectivity index (χ2v) is 17.4. The zero-order valence-electron chi connectivity index (χ0n) is 26.3. The van der Waals surface area contributed by atoms with Gasteiger partial charge in [0.15, 0.2) is 0 Å². The SMILES string of the molecule is CC(C)c1ccnc(-c2[c-]cc3oc4c(-c5ccccc5)cccc4c3c2)c1.C[Si](C)(C)c1ccc(-c2[c-]cccc2)nc1.[Ir]. The van der Waals surface area contributed by atoms with Gasteiger partial charge >= 0.3 is 0 Å². The normalized spacial score (nSPS) is 11.2. The molecule has 0 N–H and O–H groups in total. The molecule has 0 aliphatic heterocycles. The molecule has 1 radical (unpaired) electrons. The van der Waals surface area contributed by atoms with Gasteiger partial charge in [-0.15, -0.1) is 59.7 Å². The van der Waals surface area contributed by atoms with Crippen LogP contribution < -0.4 is 5.19 Å². The first-order chi connectivity index (χ1) is 21.3. The van der Waals surface area contributed by atoms with E-state index in [-0.39, 0.29) is 20.1 Å². The molecule has 0 fully saturated rings. The first-order valence-electron chi connectivity index (χ1n) is 15.1. The number of pyridine rings is 2. The zero-order valence-corrected chi connectivity index (χ0v) is 29.7. The molecule has 227 valence electrons. The summed E-state index contributed by atoms with van der Waals surface area (Å²) in [6.45, 7) is 11.4. The fraction of sp³-hybridized carbons (Fsp3) is 0.150. The number of rotatable bonds is 5. The van der Waals surface area contributed by atoms with Crippen LogP contribution in [0, 0.1) is 12.1 Å². The molecule has 0 atom stereocenters. The maximum atomic E-state index is 6.24. The maximum absolute atomic E-state index is 6.24. The van der Waals surface area contributed by atoms with Crippen LogP contribution in [0.3, 0.4) is 0 Å². The molecule has 4 aromatic carbocycles. The molecule has 7 aromatic rings. The Kier molecular flexibility index (Phi) is 9.94.